The molecule has 1 aliphatic rings. The van der Waals surface area contributed by atoms with Crippen LogP contribution in [0.5, 0.6) is 0 Å². The minimum Gasteiger partial charge on any atom is -0.330 e. The van der Waals surface area contributed by atoms with E-state index < -0.39 is 0 Å². The first-order valence-electron chi connectivity index (χ1n) is 7.31. The van der Waals surface area contributed by atoms with Gasteiger partial charge in [-0.1, -0.05) is 33.1 Å². The molecule has 3 nitrogen and oxygen atoms in total. The summed E-state index contributed by atoms with van der Waals surface area (Å²) in [5, 5.41) is 0. The quantitative estimate of drug-likeness (QED) is 0.715. The molecule has 3 heteroatoms. The Bertz CT molecular complexity index is 178. The van der Waals surface area contributed by atoms with Crippen molar-refractivity contribution in [3.8, 4) is 0 Å². The highest BCUT2D eigenvalue weighted by atomic mass is 15.2. The standard InChI is InChI=1S/C14H31N3/c1-12(8-15)10-17(11-13(2)9-16)14-6-4-3-5-7-14/h12-14H,3-11,15-16H2,1-2H3. The lowest BCUT2D eigenvalue weighted by molar-refractivity contribution is 0.121. The third kappa shape index (κ3) is 5.36. The van der Waals surface area contributed by atoms with E-state index in [0.29, 0.717) is 11.8 Å². The number of hydrogen-bond donors (Lipinski definition) is 2. The molecule has 4 N–H and O–H groups in total. The van der Waals surface area contributed by atoms with Crippen LogP contribution in [-0.4, -0.2) is 37.1 Å². The van der Waals surface area contributed by atoms with E-state index in [1.807, 2.05) is 0 Å². The second kappa shape index (κ2) is 8.06. The Balaban J connectivity index is 2.50. The van der Waals surface area contributed by atoms with Crippen molar-refractivity contribution in [2.24, 2.45) is 23.3 Å². The van der Waals surface area contributed by atoms with E-state index in [4.69, 9.17) is 11.5 Å². The summed E-state index contributed by atoms with van der Waals surface area (Å²) in [4.78, 5) is 2.66. The molecule has 0 aromatic heterocycles. The average molecular weight is 241 g/mol. The summed E-state index contributed by atoms with van der Waals surface area (Å²) in [6, 6.07) is 0.784. The van der Waals surface area contributed by atoms with Crippen LogP contribution in [0.2, 0.25) is 0 Å². The molecule has 0 radical (unpaired) electrons. The van der Waals surface area contributed by atoms with Gasteiger partial charge in [0.1, 0.15) is 0 Å². The molecule has 0 amide bonds. The lowest BCUT2D eigenvalue weighted by Crippen LogP contribution is -2.44. The largest absolute Gasteiger partial charge is 0.330 e. The highest BCUT2D eigenvalue weighted by Gasteiger charge is 2.23. The van der Waals surface area contributed by atoms with Crippen LogP contribution in [0.1, 0.15) is 46.0 Å². The molecule has 0 aliphatic heterocycles. The lowest BCUT2D eigenvalue weighted by Gasteiger charge is -2.37. The SMILES string of the molecule is CC(CN)CN(CC(C)CN)C1CCCCC1. The minimum atomic E-state index is 0.599. The first-order valence-corrected chi connectivity index (χ1v) is 7.31. The smallest absolute Gasteiger partial charge is 0.00955 e. The van der Waals surface area contributed by atoms with Crippen LogP contribution in [0.4, 0.5) is 0 Å². The summed E-state index contributed by atoms with van der Waals surface area (Å²) < 4.78 is 0. The Hall–Kier alpha value is -0.120. The maximum atomic E-state index is 5.76. The molecule has 0 spiro atoms. The van der Waals surface area contributed by atoms with Gasteiger partial charge in [-0.2, -0.15) is 0 Å². The maximum absolute atomic E-state index is 5.76. The second-order valence-corrected chi connectivity index (χ2v) is 5.93. The van der Waals surface area contributed by atoms with Crippen molar-refractivity contribution in [2.45, 2.75) is 52.0 Å². The normalized spacial score (nSPS) is 21.7. The zero-order chi connectivity index (χ0) is 12.7. The molecule has 102 valence electrons. The molecule has 1 saturated carbocycles. The molecule has 2 unspecified atom stereocenters. The third-order valence-electron chi connectivity index (χ3n) is 3.99. The monoisotopic (exact) mass is 241 g/mol. The first kappa shape index (κ1) is 14.9. The summed E-state index contributed by atoms with van der Waals surface area (Å²) in [5.41, 5.74) is 11.5. The fourth-order valence-electron chi connectivity index (χ4n) is 2.77. The van der Waals surface area contributed by atoms with Crippen LogP contribution in [0.25, 0.3) is 0 Å². The van der Waals surface area contributed by atoms with Crippen LogP contribution in [0.15, 0.2) is 0 Å². The van der Waals surface area contributed by atoms with Crippen LogP contribution in [0.3, 0.4) is 0 Å². The van der Waals surface area contributed by atoms with Gasteiger partial charge in [0.05, 0.1) is 0 Å². The Morgan fingerprint density at radius 2 is 1.41 bits per heavy atom. The Morgan fingerprint density at radius 1 is 0.941 bits per heavy atom. The summed E-state index contributed by atoms with van der Waals surface area (Å²) in [5.74, 6) is 1.20. The molecule has 17 heavy (non-hydrogen) atoms. The minimum absolute atomic E-state index is 0.599. The fourth-order valence-corrected chi connectivity index (χ4v) is 2.77. The van der Waals surface area contributed by atoms with Crippen molar-refractivity contribution in [1.29, 1.82) is 0 Å². The number of hydrogen-bond acceptors (Lipinski definition) is 3. The van der Waals surface area contributed by atoms with Gasteiger partial charge in [0.15, 0.2) is 0 Å². The Kier molecular flexibility index (Phi) is 7.09. The van der Waals surface area contributed by atoms with E-state index in [9.17, 15) is 0 Å². The van der Waals surface area contributed by atoms with Gasteiger partial charge in [-0.15, -0.1) is 0 Å². The molecule has 0 heterocycles. The second-order valence-electron chi connectivity index (χ2n) is 5.93. The molecule has 2 atom stereocenters. The van der Waals surface area contributed by atoms with Crippen LogP contribution in [-0.2, 0) is 0 Å². The average Bonchev–Trinajstić information content (AvgIpc) is 2.38. The van der Waals surface area contributed by atoms with Gasteiger partial charge in [-0.3, -0.25) is 4.90 Å². The molecule has 1 aliphatic carbocycles. The highest BCUT2D eigenvalue weighted by molar-refractivity contribution is 4.78. The molecule has 1 rings (SSSR count). The van der Waals surface area contributed by atoms with E-state index in [0.717, 1.165) is 32.2 Å². The topological polar surface area (TPSA) is 55.3 Å². The molecule has 0 bridgehead atoms. The number of nitrogens with two attached hydrogens (primary N) is 2. The molecule has 0 saturated heterocycles. The van der Waals surface area contributed by atoms with E-state index in [1.165, 1.54) is 32.1 Å². The fraction of sp³-hybridized carbons (Fsp3) is 1.00. The molecule has 1 fully saturated rings. The van der Waals surface area contributed by atoms with Gasteiger partial charge in [0.25, 0.3) is 0 Å². The van der Waals surface area contributed by atoms with Crippen molar-refractivity contribution in [3.05, 3.63) is 0 Å². The zero-order valence-electron chi connectivity index (χ0n) is 11.7. The van der Waals surface area contributed by atoms with Crippen LogP contribution < -0.4 is 11.5 Å². The van der Waals surface area contributed by atoms with Gasteiger partial charge >= 0.3 is 0 Å². The van der Waals surface area contributed by atoms with Gasteiger partial charge < -0.3 is 11.5 Å². The summed E-state index contributed by atoms with van der Waals surface area (Å²) >= 11 is 0. The van der Waals surface area contributed by atoms with E-state index >= 15 is 0 Å². The summed E-state index contributed by atoms with van der Waals surface area (Å²) in [6.07, 6.45) is 6.96. The predicted molar refractivity (Wildman–Crippen MR) is 74.9 cm³/mol. The third-order valence-corrected chi connectivity index (χ3v) is 3.99. The van der Waals surface area contributed by atoms with Crippen LogP contribution >= 0.6 is 0 Å². The van der Waals surface area contributed by atoms with Gasteiger partial charge in [0, 0.05) is 19.1 Å². The maximum Gasteiger partial charge on any atom is 0.00955 e. The van der Waals surface area contributed by atoms with E-state index in [-0.39, 0.29) is 0 Å². The molecule has 0 aromatic carbocycles. The zero-order valence-corrected chi connectivity index (χ0v) is 11.7. The van der Waals surface area contributed by atoms with Crippen molar-refractivity contribution in [3.63, 3.8) is 0 Å². The summed E-state index contributed by atoms with van der Waals surface area (Å²) in [6.45, 7) is 8.38. The predicted octanol–water partition coefficient (Wildman–Crippen LogP) is 1.81. The Morgan fingerprint density at radius 3 is 1.82 bits per heavy atom. The van der Waals surface area contributed by atoms with Crippen molar-refractivity contribution < 1.29 is 0 Å². The number of rotatable bonds is 7. The lowest BCUT2D eigenvalue weighted by atomic mass is 9.92. The van der Waals surface area contributed by atoms with E-state index in [1.54, 1.807) is 0 Å². The van der Waals surface area contributed by atoms with Gasteiger partial charge in [0.2, 0.25) is 0 Å². The number of nitrogens with zero attached hydrogens (tertiary/aromatic N) is 1. The summed E-state index contributed by atoms with van der Waals surface area (Å²) in [7, 11) is 0. The van der Waals surface area contributed by atoms with Gasteiger partial charge in [-0.25, -0.2) is 0 Å². The molecular formula is C14H31N3. The Labute approximate surface area is 107 Å². The van der Waals surface area contributed by atoms with Crippen LogP contribution in [0, 0.1) is 11.8 Å². The van der Waals surface area contributed by atoms with Crippen molar-refractivity contribution >= 4 is 0 Å². The highest BCUT2D eigenvalue weighted by Crippen LogP contribution is 2.24. The molecular weight excluding hydrogens is 210 g/mol. The van der Waals surface area contributed by atoms with E-state index in [2.05, 4.69) is 18.7 Å². The first-order chi connectivity index (χ1) is 8.17. The van der Waals surface area contributed by atoms with Crippen molar-refractivity contribution in [2.75, 3.05) is 26.2 Å². The molecule has 0 aromatic rings. The van der Waals surface area contributed by atoms with Gasteiger partial charge in [-0.05, 0) is 37.8 Å². The van der Waals surface area contributed by atoms with Crippen molar-refractivity contribution in [1.82, 2.24) is 4.90 Å².